The number of hydrogen-bond donors (Lipinski definition) is 2. The van der Waals surface area contributed by atoms with Gasteiger partial charge in [0.1, 0.15) is 0 Å². The number of aromatic hydroxyl groups is 1. The highest BCUT2D eigenvalue weighted by Crippen LogP contribution is 2.35. The number of para-hydroxylation sites is 1. The van der Waals surface area contributed by atoms with E-state index < -0.39 is 5.91 Å². The van der Waals surface area contributed by atoms with E-state index in [9.17, 15) is 9.90 Å². The van der Waals surface area contributed by atoms with Crippen LogP contribution >= 0.6 is 0 Å². The second kappa shape index (κ2) is 5.20. The van der Waals surface area contributed by atoms with E-state index >= 15 is 0 Å². The Kier molecular flexibility index (Phi) is 3.23. The van der Waals surface area contributed by atoms with Crippen molar-refractivity contribution >= 4 is 22.5 Å². The van der Waals surface area contributed by atoms with E-state index in [2.05, 4.69) is 15.2 Å². The fourth-order valence-corrected chi connectivity index (χ4v) is 2.06. The predicted molar refractivity (Wildman–Crippen MR) is 80.0 cm³/mol. The van der Waals surface area contributed by atoms with Gasteiger partial charge in [0.25, 0.3) is 5.91 Å². The van der Waals surface area contributed by atoms with Gasteiger partial charge in [-0.3, -0.25) is 4.79 Å². The van der Waals surface area contributed by atoms with Crippen molar-refractivity contribution in [3.8, 4) is 5.88 Å². The molecule has 0 aliphatic rings. The molecule has 0 spiro atoms. The number of H-pyrrole nitrogens is 1. The SMILES string of the molecule is Cc1ccc(C(=O)N=Nc2c(O)[nH]c3ccccc23)cc1. The molecule has 104 valence electrons. The van der Waals surface area contributed by atoms with Gasteiger partial charge in [-0.1, -0.05) is 35.9 Å². The minimum absolute atomic E-state index is 0.100. The largest absolute Gasteiger partial charge is 0.493 e. The standard InChI is InChI=1S/C16H13N3O2/c1-10-6-8-11(9-7-10)15(20)19-18-14-12-4-2-3-5-13(12)17-16(14)21/h2-9,17,21H,1H3. The number of nitrogens with zero attached hydrogens (tertiary/aromatic N) is 2. The van der Waals surface area contributed by atoms with Crippen molar-refractivity contribution < 1.29 is 9.90 Å². The molecule has 1 amide bonds. The number of fused-ring (bicyclic) bond motifs is 1. The number of aromatic amines is 1. The van der Waals surface area contributed by atoms with Crippen molar-refractivity contribution in [2.75, 3.05) is 0 Å². The number of carbonyl (C=O) groups is 1. The van der Waals surface area contributed by atoms with E-state index in [1.165, 1.54) is 0 Å². The summed E-state index contributed by atoms with van der Waals surface area (Å²) in [7, 11) is 0. The molecule has 5 nitrogen and oxygen atoms in total. The number of aromatic nitrogens is 1. The molecule has 0 radical (unpaired) electrons. The summed E-state index contributed by atoms with van der Waals surface area (Å²) in [4.78, 5) is 14.7. The van der Waals surface area contributed by atoms with Crippen LogP contribution < -0.4 is 0 Å². The molecular weight excluding hydrogens is 266 g/mol. The van der Waals surface area contributed by atoms with Crippen molar-refractivity contribution in [2.24, 2.45) is 10.2 Å². The van der Waals surface area contributed by atoms with Crippen LogP contribution in [0.1, 0.15) is 15.9 Å². The van der Waals surface area contributed by atoms with Crippen LogP contribution in [0, 0.1) is 6.92 Å². The summed E-state index contributed by atoms with van der Waals surface area (Å²) in [6.45, 7) is 1.94. The number of rotatable bonds is 2. The van der Waals surface area contributed by atoms with Gasteiger partial charge < -0.3 is 10.1 Å². The monoisotopic (exact) mass is 279 g/mol. The number of carbonyl (C=O) groups excluding carboxylic acids is 1. The van der Waals surface area contributed by atoms with Crippen LogP contribution in [-0.4, -0.2) is 16.0 Å². The molecule has 3 aromatic rings. The highest BCUT2D eigenvalue weighted by Gasteiger charge is 2.10. The van der Waals surface area contributed by atoms with E-state index in [0.717, 1.165) is 16.5 Å². The maximum absolute atomic E-state index is 11.9. The molecule has 0 saturated carbocycles. The van der Waals surface area contributed by atoms with Crippen LogP contribution in [0.15, 0.2) is 58.8 Å². The fraction of sp³-hybridized carbons (Fsp3) is 0.0625. The van der Waals surface area contributed by atoms with Gasteiger partial charge in [-0.15, -0.1) is 10.2 Å². The van der Waals surface area contributed by atoms with E-state index in [0.29, 0.717) is 5.56 Å². The molecular formula is C16H13N3O2. The quantitative estimate of drug-likeness (QED) is 0.692. The van der Waals surface area contributed by atoms with E-state index in [1.54, 1.807) is 18.2 Å². The zero-order valence-electron chi connectivity index (χ0n) is 11.4. The molecule has 0 atom stereocenters. The predicted octanol–water partition coefficient (Wildman–Crippen LogP) is 4.11. The number of hydrogen-bond acceptors (Lipinski definition) is 3. The summed E-state index contributed by atoms with van der Waals surface area (Å²) >= 11 is 0. The molecule has 1 heterocycles. The molecule has 1 aromatic heterocycles. The molecule has 2 N–H and O–H groups in total. The van der Waals surface area contributed by atoms with Crippen molar-refractivity contribution in [3.63, 3.8) is 0 Å². The number of amides is 1. The van der Waals surface area contributed by atoms with Gasteiger partial charge >= 0.3 is 0 Å². The Morgan fingerprint density at radius 3 is 2.57 bits per heavy atom. The fourth-order valence-electron chi connectivity index (χ4n) is 2.06. The van der Waals surface area contributed by atoms with Crippen molar-refractivity contribution in [1.82, 2.24) is 4.98 Å². The lowest BCUT2D eigenvalue weighted by molar-refractivity contribution is 0.0995. The Hall–Kier alpha value is -2.95. The summed E-state index contributed by atoms with van der Waals surface area (Å²) in [5, 5.41) is 18.1. The lowest BCUT2D eigenvalue weighted by Gasteiger charge is -1.95. The molecule has 0 saturated heterocycles. The van der Waals surface area contributed by atoms with Gasteiger partial charge in [-0.25, -0.2) is 0 Å². The Morgan fingerprint density at radius 2 is 1.81 bits per heavy atom. The van der Waals surface area contributed by atoms with E-state index in [4.69, 9.17) is 0 Å². The molecule has 0 fully saturated rings. The first-order chi connectivity index (χ1) is 10.1. The maximum Gasteiger partial charge on any atom is 0.295 e. The molecule has 0 aliphatic carbocycles. The zero-order valence-corrected chi connectivity index (χ0v) is 11.4. The van der Waals surface area contributed by atoms with Crippen LogP contribution in [0.25, 0.3) is 10.9 Å². The van der Waals surface area contributed by atoms with Crippen LogP contribution in [0.4, 0.5) is 5.69 Å². The Balaban J connectivity index is 1.92. The van der Waals surface area contributed by atoms with Gasteiger partial charge in [-0.2, -0.15) is 0 Å². The van der Waals surface area contributed by atoms with Crippen LogP contribution in [-0.2, 0) is 0 Å². The smallest absolute Gasteiger partial charge is 0.295 e. The van der Waals surface area contributed by atoms with Gasteiger partial charge in [-0.05, 0) is 25.1 Å². The highest BCUT2D eigenvalue weighted by molar-refractivity contribution is 5.96. The first kappa shape index (κ1) is 13.1. The minimum atomic E-state index is -0.445. The van der Waals surface area contributed by atoms with Gasteiger partial charge in [0.15, 0.2) is 5.69 Å². The highest BCUT2D eigenvalue weighted by atomic mass is 16.3. The Bertz CT molecular complexity index is 832. The topological polar surface area (TPSA) is 77.8 Å². The molecule has 0 aliphatic heterocycles. The van der Waals surface area contributed by atoms with E-state index in [-0.39, 0.29) is 11.6 Å². The maximum atomic E-state index is 11.9. The molecule has 21 heavy (non-hydrogen) atoms. The third kappa shape index (κ3) is 2.53. The molecule has 2 aromatic carbocycles. The molecule has 5 heteroatoms. The van der Waals surface area contributed by atoms with Crippen molar-refractivity contribution in [3.05, 3.63) is 59.7 Å². The van der Waals surface area contributed by atoms with Gasteiger partial charge in [0, 0.05) is 10.9 Å². The molecule has 0 unspecified atom stereocenters. The number of nitrogens with one attached hydrogen (secondary N) is 1. The number of aryl methyl sites for hydroxylation is 1. The zero-order chi connectivity index (χ0) is 14.8. The average molecular weight is 279 g/mol. The Morgan fingerprint density at radius 1 is 1.10 bits per heavy atom. The van der Waals surface area contributed by atoms with Crippen molar-refractivity contribution in [1.29, 1.82) is 0 Å². The summed E-state index contributed by atoms with van der Waals surface area (Å²) in [5.41, 5.74) is 2.54. The molecule has 3 rings (SSSR count). The van der Waals surface area contributed by atoms with Crippen molar-refractivity contribution in [2.45, 2.75) is 6.92 Å². The lowest BCUT2D eigenvalue weighted by atomic mass is 10.1. The normalized spacial score (nSPS) is 11.3. The summed E-state index contributed by atoms with van der Waals surface area (Å²) in [5.74, 6) is -0.545. The summed E-state index contributed by atoms with van der Waals surface area (Å²) in [6.07, 6.45) is 0. The second-order valence-electron chi connectivity index (χ2n) is 4.74. The van der Waals surface area contributed by atoms with Crippen LogP contribution in [0.2, 0.25) is 0 Å². The van der Waals surface area contributed by atoms with Crippen LogP contribution in [0.5, 0.6) is 5.88 Å². The van der Waals surface area contributed by atoms with Crippen LogP contribution in [0.3, 0.4) is 0 Å². The third-order valence-corrected chi connectivity index (χ3v) is 3.20. The summed E-state index contributed by atoms with van der Waals surface area (Å²) in [6, 6.07) is 14.4. The first-order valence-electron chi connectivity index (χ1n) is 6.47. The lowest BCUT2D eigenvalue weighted by Crippen LogP contribution is -1.92. The van der Waals surface area contributed by atoms with E-state index in [1.807, 2.05) is 37.3 Å². The third-order valence-electron chi connectivity index (χ3n) is 3.20. The van der Waals surface area contributed by atoms with Gasteiger partial charge in [0.2, 0.25) is 5.88 Å². The second-order valence-corrected chi connectivity index (χ2v) is 4.74. The molecule has 0 bridgehead atoms. The average Bonchev–Trinajstić information content (AvgIpc) is 2.81. The van der Waals surface area contributed by atoms with Gasteiger partial charge in [0.05, 0.1) is 5.52 Å². The summed E-state index contributed by atoms with van der Waals surface area (Å²) < 4.78 is 0. The number of azo groups is 1. The minimum Gasteiger partial charge on any atom is -0.493 e. The first-order valence-corrected chi connectivity index (χ1v) is 6.47. The Labute approximate surface area is 121 Å². The number of benzene rings is 2.